The van der Waals surface area contributed by atoms with E-state index in [1.807, 2.05) is 30.3 Å². The van der Waals surface area contributed by atoms with Crippen LogP contribution in [0.15, 0.2) is 42.5 Å². The minimum absolute atomic E-state index is 0.232. The second-order valence-electron chi connectivity index (χ2n) is 5.80. The molecule has 2 aromatic rings. The summed E-state index contributed by atoms with van der Waals surface area (Å²) in [6.45, 7) is -0.698. The molecule has 5 nitrogen and oxygen atoms in total. The smallest absolute Gasteiger partial charge is 0.254 e. The van der Waals surface area contributed by atoms with Crippen LogP contribution in [0.5, 0.6) is 5.75 Å². The number of carbonyl (C=O) groups excluding carboxylic acids is 2. The Hall–Kier alpha value is -2.89. The first-order chi connectivity index (χ1) is 12.1. The maximum atomic E-state index is 13.6. The van der Waals surface area contributed by atoms with E-state index >= 15 is 0 Å². The molecule has 25 heavy (non-hydrogen) atoms. The molecular weight excluding hydrogens is 323 g/mol. The number of amides is 2. The fourth-order valence-corrected chi connectivity index (χ4v) is 3.19. The van der Waals surface area contributed by atoms with Crippen molar-refractivity contribution in [1.29, 1.82) is 0 Å². The van der Waals surface area contributed by atoms with Gasteiger partial charge in [0.1, 0.15) is 18.5 Å². The SMILES string of the molecule is CNC(=O)c1cc(C(=O)NC)c2c(c1)[C@H](c1ccccc1)C(CF)O2. The first-order valence-electron chi connectivity index (χ1n) is 8.00. The Morgan fingerprint density at radius 2 is 1.76 bits per heavy atom. The van der Waals surface area contributed by atoms with Crippen LogP contribution in [0.4, 0.5) is 4.39 Å². The van der Waals surface area contributed by atoms with Crippen LogP contribution in [0.3, 0.4) is 0 Å². The van der Waals surface area contributed by atoms with E-state index < -0.39 is 12.8 Å². The summed E-state index contributed by atoms with van der Waals surface area (Å²) in [7, 11) is 3.02. The van der Waals surface area contributed by atoms with E-state index in [4.69, 9.17) is 4.74 Å². The maximum Gasteiger partial charge on any atom is 0.254 e. The van der Waals surface area contributed by atoms with Crippen LogP contribution < -0.4 is 15.4 Å². The Balaban J connectivity index is 2.21. The molecule has 1 aliphatic rings. The van der Waals surface area contributed by atoms with E-state index in [0.717, 1.165) is 5.56 Å². The van der Waals surface area contributed by atoms with Gasteiger partial charge in [-0.05, 0) is 17.7 Å². The van der Waals surface area contributed by atoms with Crippen molar-refractivity contribution < 1.29 is 18.7 Å². The molecule has 2 atom stereocenters. The summed E-state index contributed by atoms with van der Waals surface area (Å²) in [5, 5.41) is 5.09. The molecule has 0 bridgehead atoms. The number of hydrogen-bond donors (Lipinski definition) is 2. The summed E-state index contributed by atoms with van der Waals surface area (Å²) < 4.78 is 19.4. The summed E-state index contributed by atoms with van der Waals surface area (Å²) in [4.78, 5) is 24.4. The van der Waals surface area contributed by atoms with E-state index in [2.05, 4.69) is 10.6 Å². The second-order valence-corrected chi connectivity index (χ2v) is 5.80. The highest BCUT2D eigenvalue weighted by molar-refractivity contribution is 6.02. The van der Waals surface area contributed by atoms with Crippen molar-refractivity contribution in [3.63, 3.8) is 0 Å². The van der Waals surface area contributed by atoms with Gasteiger partial charge in [0.2, 0.25) is 0 Å². The number of hydrogen-bond acceptors (Lipinski definition) is 3. The van der Waals surface area contributed by atoms with Crippen LogP contribution >= 0.6 is 0 Å². The number of ether oxygens (including phenoxy) is 1. The Kier molecular flexibility index (Phi) is 4.70. The highest BCUT2D eigenvalue weighted by atomic mass is 19.1. The van der Waals surface area contributed by atoms with E-state index in [9.17, 15) is 14.0 Å². The first kappa shape index (κ1) is 17.0. The maximum absolute atomic E-state index is 13.6. The van der Waals surface area contributed by atoms with Gasteiger partial charge in [-0.3, -0.25) is 9.59 Å². The zero-order valence-corrected chi connectivity index (χ0v) is 14.0. The number of benzene rings is 2. The second kappa shape index (κ2) is 6.93. The van der Waals surface area contributed by atoms with Gasteiger partial charge in [-0.1, -0.05) is 30.3 Å². The lowest BCUT2D eigenvalue weighted by Gasteiger charge is -2.16. The predicted octanol–water partition coefficient (Wildman–Crippen LogP) is 2.27. The van der Waals surface area contributed by atoms with E-state index in [-0.39, 0.29) is 23.3 Å². The monoisotopic (exact) mass is 342 g/mol. The largest absolute Gasteiger partial charge is 0.486 e. The molecule has 6 heteroatoms. The Bertz CT molecular complexity index is 808. The molecule has 0 fully saturated rings. The standard InChI is InChI=1S/C19H19FN2O3/c1-21-18(23)12-8-13-16(11-6-4-3-5-7-11)15(10-20)25-17(13)14(9-12)19(24)22-2/h3-9,15-16H,10H2,1-2H3,(H,21,23)(H,22,24)/t15?,16-/m0/s1. The van der Waals surface area contributed by atoms with Crippen LogP contribution in [0, 0.1) is 0 Å². The predicted molar refractivity (Wildman–Crippen MR) is 91.9 cm³/mol. The average molecular weight is 342 g/mol. The van der Waals surface area contributed by atoms with Gasteiger partial charge in [-0.25, -0.2) is 4.39 Å². The number of fused-ring (bicyclic) bond motifs is 1. The summed E-state index contributed by atoms with van der Waals surface area (Å²) in [6.07, 6.45) is -0.735. The number of nitrogens with one attached hydrogen (secondary N) is 2. The van der Waals surface area contributed by atoms with Crippen LogP contribution in [-0.4, -0.2) is 38.7 Å². The van der Waals surface area contributed by atoms with E-state index in [1.54, 1.807) is 6.07 Å². The Morgan fingerprint density at radius 1 is 1.08 bits per heavy atom. The molecule has 0 radical (unpaired) electrons. The molecular formula is C19H19FN2O3. The van der Waals surface area contributed by atoms with Gasteiger partial charge in [0.25, 0.3) is 11.8 Å². The summed E-state index contributed by atoms with van der Waals surface area (Å²) >= 11 is 0. The fourth-order valence-electron chi connectivity index (χ4n) is 3.19. The minimum Gasteiger partial charge on any atom is -0.486 e. The van der Waals surface area contributed by atoms with Gasteiger partial charge < -0.3 is 15.4 Å². The van der Waals surface area contributed by atoms with Gasteiger partial charge in [0.05, 0.1) is 11.5 Å². The number of halogens is 1. The number of alkyl halides is 1. The molecule has 3 rings (SSSR count). The molecule has 1 aliphatic heterocycles. The molecule has 0 saturated heterocycles. The molecule has 0 aliphatic carbocycles. The third-order valence-corrected chi connectivity index (χ3v) is 4.37. The first-order valence-corrected chi connectivity index (χ1v) is 8.00. The van der Waals surface area contributed by atoms with Crippen molar-refractivity contribution in [2.24, 2.45) is 0 Å². The van der Waals surface area contributed by atoms with Crippen LogP contribution in [0.2, 0.25) is 0 Å². The third-order valence-electron chi connectivity index (χ3n) is 4.37. The van der Waals surface area contributed by atoms with E-state index in [0.29, 0.717) is 16.9 Å². The van der Waals surface area contributed by atoms with E-state index in [1.165, 1.54) is 20.2 Å². The van der Waals surface area contributed by atoms with Crippen LogP contribution in [-0.2, 0) is 0 Å². The van der Waals surface area contributed by atoms with Crippen molar-refractivity contribution in [3.8, 4) is 5.75 Å². The zero-order chi connectivity index (χ0) is 18.0. The van der Waals surface area contributed by atoms with Gasteiger partial charge in [0, 0.05) is 25.2 Å². The molecule has 1 heterocycles. The molecule has 0 spiro atoms. The Labute approximate surface area is 145 Å². The molecule has 2 amide bonds. The molecule has 2 N–H and O–H groups in total. The van der Waals surface area contributed by atoms with Crippen LogP contribution in [0.25, 0.3) is 0 Å². The quantitative estimate of drug-likeness (QED) is 0.896. The topological polar surface area (TPSA) is 67.4 Å². The van der Waals surface area contributed by atoms with Gasteiger partial charge in [0.15, 0.2) is 0 Å². The average Bonchev–Trinajstić information content (AvgIpc) is 3.05. The summed E-state index contributed by atoms with van der Waals surface area (Å²) in [6, 6.07) is 12.5. The molecule has 1 unspecified atom stereocenters. The van der Waals surface area contributed by atoms with Gasteiger partial charge in [-0.2, -0.15) is 0 Å². The fraction of sp³-hybridized carbons (Fsp3) is 0.263. The molecule has 0 saturated carbocycles. The summed E-state index contributed by atoms with van der Waals surface area (Å²) in [5.74, 6) is -0.741. The summed E-state index contributed by atoms with van der Waals surface area (Å²) in [5.41, 5.74) is 2.09. The van der Waals surface area contributed by atoms with Crippen molar-refractivity contribution in [3.05, 3.63) is 64.7 Å². The van der Waals surface area contributed by atoms with Crippen molar-refractivity contribution >= 4 is 11.8 Å². The lowest BCUT2D eigenvalue weighted by Crippen LogP contribution is -2.22. The Morgan fingerprint density at radius 3 is 2.36 bits per heavy atom. The number of rotatable bonds is 4. The van der Waals surface area contributed by atoms with Gasteiger partial charge in [-0.15, -0.1) is 0 Å². The van der Waals surface area contributed by atoms with Crippen molar-refractivity contribution in [2.45, 2.75) is 12.0 Å². The lowest BCUT2D eigenvalue weighted by molar-refractivity contribution is 0.0955. The molecule has 0 aromatic heterocycles. The van der Waals surface area contributed by atoms with Crippen LogP contribution in [0.1, 0.15) is 37.8 Å². The highest BCUT2D eigenvalue weighted by Crippen LogP contribution is 2.45. The van der Waals surface area contributed by atoms with Crippen molar-refractivity contribution in [1.82, 2.24) is 10.6 Å². The minimum atomic E-state index is -0.735. The third kappa shape index (κ3) is 2.95. The number of carbonyl (C=O) groups is 2. The normalized spacial score (nSPS) is 18.2. The molecule has 130 valence electrons. The lowest BCUT2D eigenvalue weighted by atomic mass is 9.86. The molecule has 2 aromatic carbocycles. The highest BCUT2D eigenvalue weighted by Gasteiger charge is 2.38. The van der Waals surface area contributed by atoms with Gasteiger partial charge >= 0.3 is 0 Å². The zero-order valence-electron chi connectivity index (χ0n) is 14.0. The van der Waals surface area contributed by atoms with Crippen molar-refractivity contribution in [2.75, 3.05) is 20.8 Å².